The average Bonchev–Trinajstić information content (AvgIpc) is 2.51. The van der Waals surface area contributed by atoms with Gasteiger partial charge in [-0.05, 0) is 37.0 Å². The number of unbranched alkanes of at least 4 members (excludes halogenated alkanes) is 1. The smallest absolute Gasteiger partial charge is 0.244 e. The first-order valence-corrected chi connectivity index (χ1v) is 10.3. The van der Waals surface area contributed by atoms with E-state index in [1.54, 1.807) is 0 Å². The molecular weight excluding hydrogens is 339 g/mol. The Morgan fingerprint density at radius 2 is 2.04 bits per heavy atom. The van der Waals surface area contributed by atoms with Crippen LogP contribution in [0.2, 0.25) is 0 Å². The molecule has 5 nitrogen and oxygen atoms in total. The van der Waals surface area contributed by atoms with E-state index in [1.807, 2.05) is 13.2 Å². The molecular formula is C15H23FN2O3S2. The third-order valence-electron chi connectivity index (χ3n) is 3.18. The molecule has 1 atom stereocenters. The van der Waals surface area contributed by atoms with Crippen molar-refractivity contribution in [1.29, 1.82) is 0 Å². The van der Waals surface area contributed by atoms with Gasteiger partial charge < -0.3 is 5.32 Å². The van der Waals surface area contributed by atoms with Crippen molar-refractivity contribution in [2.24, 2.45) is 0 Å². The van der Waals surface area contributed by atoms with E-state index in [1.165, 1.54) is 30.0 Å². The Morgan fingerprint density at radius 1 is 1.35 bits per heavy atom. The van der Waals surface area contributed by atoms with Crippen molar-refractivity contribution < 1.29 is 17.6 Å². The zero-order valence-corrected chi connectivity index (χ0v) is 15.0. The molecule has 0 fully saturated rings. The fraction of sp³-hybridized carbons (Fsp3) is 0.533. The molecule has 0 radical (unpaired) electrons. The highest BCUT2D eigenvalue weighted by Gasteiger charge is 2.27. The zero-order chi connectivity index (χ0) is 17.3. The molecule has 0 spiro atoms. The Morgan fingerprint density at radius 3 is 2.65 bits per heavy atom. The molecule has 1 unspecified atom stereocenters. The monoisotopic (exact) mass is 362 g/mol. The number of rotatable bonds is 10. The molecule has 0 heterocycles. The molecule has 2 N–H and O–H groups in total. The maximum Gasteiger partial charge on any atom is 0.244 e. The topological polar surface area (TPSA) is 75.3 Å². The number of hydrogen-bond acceptors (Lipinski definition) is 4. The second-order valence-electron chi connectivity index (χ2n) is 5.03. The number of nitrogens with one attached hydrogen (secondary N) is 2. The summed E-state index contributed by atoms with van der Waals surface area (Å²) in [5.74, 6) is -0.603. The molecule has 0 aliphatic rings. The lowest BCUT2D eigenvalue weighted by Gasteiger charge is -2.18. The molecule has 1 aromatic rings. The van der Waals surface area contributed by atoms with Crippen molar-refractivity contribution in [1.82, 2.24) is 10.0 Å². The maximum atomic E-state index is 13.7. The Labute approximate surface area is 141 Å². The van der Waals surface area contributed by atoms with Gasteiger partial charge in [-0.2, -0.15) is 16.5 Å². The number of carbonyl (C=O) groups is 1. The van der Waals surface area contributed by atoms with Gasteiger partial charge in [-0.15, -0.1) is 0 Å². The summed E-state index contributed by atoms with van der Waals surface area (Å²) >= 11 is 1.51. The van der Waals surface area contributed by atoms with Crippen molar-refractivity contribution >= 4 is 27.7 Å². The van der Waals surface area contributed by atoms with Crippen LogP contribution in [0.25, 0.3) is 0 Å². The van der Waals surface area contributed by atoms with Crippen molar-refractivity contribution in [3.63, 3.8) is 0 Å². The van der Waals surface area contributed by atoms with Gasteiger partial charge in [0.25, 0.3) is 0 Å². The highest BCUT2D eigenvalue weighted by atomic mass is 32.2. The summed E-state index contributed by atoms with van der Waals surface area (Å²) < 4.78 is 40.7. The van der Waals surface area contributed by atoms with Gasteiger partial charge in [0.15, 0.2) is 0 Å². The van der Waals surface area contributed by atoms with Crippen LogP contribution >= 0.6 is 11.8 Å². The van der Waals surface area contributed by atoms with Gasteiger partial charge in [-0.1, -0.05) is 25.5 Å². The van der Waals surface area contributed by atoms with Crippen LogP contribution < -0.4 is 10.0 Å². The minimum Gasteiger partial charge on any atom is -0.355 e. The minimum atomic E-state index is -4.09. The maximum absolute atomic E-state index is 13.7. The molecule has 1 rings (SSSR count). The fourth-order valence-corrected chi connectivity index (χ4v) is 3.68. The second kappa shape index (κ2) is 9.89. The highest BCUT2D eigenvalue weighted by Crippen LogP contribution is 2.14. The summed E-state index contributed by atoms with van der Waals surface area (Å²) in [4.78, 5) is 11.7. The quantitative estimate of drug-likeness (QED) is 0.626. The largest absolute Gasteiger partial charge is 0.355 e. The third-order valence-corrected chi connectivity index (χ3v) is 5.33. The summed E-state index contributed by atoms with van der Waals surface area (Å²) in [6, 6.07) is 4.20. The average molecular weight is 362 g/mol. The number of thioether (sulfide) groups is 1. The summed E-state index contributed by atoms with van der Waals surface area (Å²) in [6.45, 7) is 2.49. The minimum absolute atomic E-state index is 0.340. The van der Waals surface area contributed by atoms with Crippen LogP contribution in [0, 0.1) is 5.82 Å². The normalized spacial score (nSPS) is 12.8. The SMILES string of the molecule is CCCCNC(=O)C(CCSC)NS(=O)(=O)c1ccccc1F. The van der Waals surface area contributed by atoms with Crippen LogP contribution in [0.1, 0.15) is 26.2 Å². The molecule has 0 aliphatic heterocycles. The first kappa shape index (κ1) is 19.9. The van der Waals surface area contributed by atoms with Gasteiger partial charge in [0.1, 0.15) is 16.8 Å². The van der Waals surface area contributed by atoms with Gasteiger partial charge >= 0.3 is 0 Å². The van der Waals surface area contributed by atoms with Crippen molar-refractivity contribution in [2.45, 2.75) is 37.1 Å². The summed E-state index contributed by atoms with van der Waals surface area (Å²) in [5, 5.41) is 2.71. The van der Waals surface area contributed by atoms with Crippen LogP contribution in [-0.4, -0.2) is 38.9 Å². The fourth-order valence-electron chi connectivity index (χ4n) is 1.90. The number of halogens is 1. The first-order chi connectivity index (χ1) is 10.9. The van der Waals surface area contributed by atoms with Crippen LogP contribution in [0.4, 0.5) is 4.39 Å². The van der Waals surface area contributed by atoms with E-state index < -0.39 is 26.8 Å². The first-order valence-electron chi connectivity index (χ1n) is 7.46. The lowest BCUT2D eigenvalue weighted by atomic mass is 10.2. The molecule has 0 aliphatic carbocycles. The van der Waals surface area contributed by atoms with Crippen LogP contribution in [0.3, 0.4) is 0 Å². The van der Waals surface area contributed by atoms with Crippen LogP contribution in [-0.2, 0) is 14.8 Å². The second-order valence-corrected chi connectivity index (χ2v) is 7.70. The Kier molecular flexibility index (Phi) is 8.57. The number of benzene rings is 1. The Balaban J connectivity index is 2.87. The molecule has 1 aromatic carbocycles. The molecule has 0 bridgehead atoms. The summed E-state index contributed by atoms with van der Waals surface area (Å²) in [7, 11) is -4.09. The third kappa shape index (κ3) is 6.48. The zero-order valence-electron chi connectivity index (χ0n) is 13.3. The molecule has 23 heavy (non-hydrogen) atoms. The molecule has 0 saturated carbocycles. The standard InChI is InChI=1S/C15H23FN2O3S2/c1-3-4-10-17-15(19)13(9-11-22-2)18-23(20,21)14-8-6-5-7-12(14)16/h5-8,13,18H,3-4,9-11H2,1-2H3,(H,17,19). The van der Waals surface area contributed by atoms with Crippen molar-refractivity contribution in [2.75, 3.05) is 18.6 Å². The highest BCUT2D eigenvalue weighted by molar-refractivity contribution is 7.98. The predicted molar refractivity (Wildman–Crippen MR) is 91.4 cm³/mol. The predicted octanol–water partition coefficient (Wildman–Crippen LogP) is 2.14. The number of sulfonamides is 1. The summed E-state index contributed by atoms with van der Waals surface area (Å²) in [6.07, 6.45) is 3.96. The number of hydrogen-bond donors (Lipinski definition) is 2. The van der Waals surface area contributed by atoms with Gasteiger partial charge in [0.05, 0.1) is 0 Å². The van der Waals surface area contributed by atoms with Gasteiger partial charge in [-0.25, -0.2) is 12.8 Å². The van der Waals surface area contributed by atoms with E-state index in [2.05, 4.69) is 10.0 Å². The van der Waals surface area contributed by atoms with E-state index in [0.717, 1.165) is 18.9 Å². The van der Waals surface area contributed by atoms with Crippen molar-refractivity contribution in [3.05, 3.63) is 30.1 Å². The van der Waals surface area contributed by atoms with E-state index in [-0.39, 0.29) is 5.91 Å². The van der Waals surface area contributed by atoms with Gasteiger partial charge in [0.2, 0.25) is 15.9 Å². The Bertz CT molecular complexity index is 608. The lowest BCUT2D eigenvalue weighted by molar-refractivity contribution is -0.122. The molecule has 130 valence electrons. The van der Waals surface area contributed by atoms with Gasteiger partial charge in [0, 0.05) is 6.54 Å². The van der Waals surface area contributed by atoms with Crippen LogP contribution in [0.5, 0.6) is 0 Å². The van der Waals surface area contributed by atoms with Gasteiger partial charge in [-0.3, -0.25) is 4.79 Å². The van der Waals surface area contributed by atoms with E-state index in [0.29, 0.717) is 18.7 Å². The molecule has 0 saturated heterocycles. The Hall–Kier alpha value is -1.12. The molecule has 1 amide bonds. The summed E-state index contributed by atoms with van der Waals surface area (Å²) in [5.41, 5.74) is 0. The molecule has 8 heteroatoms. The van der Waals surface area contributed by atoms with E-state index in [4.69, 9.17) is 0 Å². The molecule has 0 aromatic heterocycles. The van der Waals surface area contributed by atoms with E-state index in [9.17, 15) is 17.6 Å². The van der Waals surface area contributed by atoms with Crippen LogP contribution in [0.15, 0.2) is 29.2 Å². The number of amides is 1. The lowest BCUT2D eigenvalue weighted by Crippen LogP contribution is -2.47. The number of carbonyl (C=O) groups excluding carboxylic acids is 1. The van der Waals surface area contributed by atoms with Crippen molar-refractivity contribution in [3.8, 4) is 0 Å². The van der Waals surface area contributed by atoms with E-state index >= 15 is 0 Å².